The van der Waals surface area contributed by atoms with Crippen LogP contribution in [0.1, 0.15) is 105 Å². The van der Waals surface area contributed by atoms with E-state index >= 15 is 0 Å². The maximum Gasteiger partial charge on any atom is 0.261 e. The first-order chi connectivity index (χ1) is 19.3. The molecule has 1 N–H and O–H groups in total. The summed E-state index contributed by atoms with van der Waals surface area (Å²) in [5.41, 5.74) is 8.99. The van der Waals surface area contributed by atoms with Crippen molar-refractivity contribution in [2.75, 3.05) is 13.2 Å². The van der Waals surface area contributed by atoms with Gasteiger partial charge < -0.3 is 9.74 Å². The third-order valence-corrected chi connectivity index (χ3v) is 12.7. The van der Waals surface area contributed by atoms with Crippen molar-refractivity contribution in [3.8, 4) is 0 Å². The van der Waals surface area contributed by atoms with Gasteiger partial charge in [0.15, 0.2) is 0 Å². The van der Waals surface area contributed by atoms with Crippen molar-refractivity contribution in [2.24, 2.45) is 5.11 Å². The van der Waals surface area contributed by atoms with E-state index in [2.05, 4.69) is 91.6 Å². The predicted molar refractivity (Wildman–Crippen MR) is 171 cm³/mol. The smallest absolute Gasteiger partial charge is 0.261 e. The third-order valence-electron chi connectivity index (χ3n) is 7.66. The Bertz CT molecular complexity index is 965. The van der Waals surface area contributed by atoms with Gasteiger partial charge >= 0.3 is 0 Å². The van der Waals surface area contributed by atoms with Crippen LogP contribution in [0.15, 0.2) is 65.8 Å². The molecule has 0 spiro atoms. The fourth-order valence-corrected chi connectivity index (χ4v) is 10.1. The van der Waals surface area contributed by atoms with Gasteiger partial charge in [-0.2, -0.15) is 0 Å². The molecular formula is C33H52N4O2Si. The fraction of sp³-hybridized carbons (Fsp3) is 0.606. The van der Waals surface area contributed by atoms with Gasteiger partial charge in [0.2, 0.25) is 5.91 Å². The monoisotopic (exact) mass is 564 g/mol. The molecule has 1 unspecified atom stereocenters. The maximum absolute atomic E-state index is 12.8. The summed E-state index contributed by atoms with van der Waals surface area (Å²) in [4.78, 5) is 15.8. The molecule has 2 rings (SSSR count). The van der Waals surface area contributed by atoms with Crippen LogP contribution < -0.4 is 15.7 Å². The molecule has 1 atom stereocenters. The van der Waals surface area contributed by atoms with E-state index in [0.29, 0.717) is 6.42 Å². The van der Waals surface area contributed by atoms with Crippen LogP contribution in [0.4, 0.5) is 0 Å². The van der Waals surface area contributed by atoms with Crippen LogP contribution in [-0.2, 0) is 9.22 Å². The summed E-state index contributed by atoms with van der Waals surface area (Å²) >= 11 is 0. The Labute approximate surface area is 244 Å². The molecule has 40 heavy (non-hydrogen) atoms. The second-order valence-corrected chi connectivity index (χ2v) is 16.2. The first-order valence-electron chi connectivity index (χ1n) is 15.4. The van der Waals surface area contributed by atoms with Crippen molar-refractivity contribution < 1.29 is 9.22 Å². The van der Waals surface area contributed by atoms with Crippen molar-refractivity contribution in [3.63, 3.8) is 0 Å². The van der Waals surface area contributed by atoms with Crippen LogP contribution in [-0.4, -0.2) is 33.4 Å². The molecule has 220 valence electrons. The summed E-state index contributed by atoms with van der Waals surface area (Å²) in [6.07, 6.45) is 14.2. The van der Waals surface area contributed by atoms with Gasteiger partial charge in [0, 0.05) is 17.9 Å². The number of amides is 1. The number of rotatable bonds is 20. The molecule has 2 aromatic rings. The van der Waals surface area contributed by atoms with E-state index in [4.69, 9.17) is 9.96 Å². The van der Waals surface area contributed by atoms with Crippen LogP contribution in [0.2, 0.25) is 5.04 Å². The minimum atomic E-state index is -2.75. The van der Waals surface area contributed by atoms with Crippen LogP contribution in [0.3, 0.4) is 0 Å². The molecule has 2 aromatic carbocycles. The minimum Gasteiger partial charge on any atom is -0.405 e. The number of benzene rings is 2. The molecule has 7 heteroatoms. The average Bonchev–Trinajstić information content (AvgIpc) is 2.95. The van der Waals surface area contributed by atoms with E-state index < -0.39 is 8.32 Å². The number of unbranched alkanes of at least 4 members (excludes halogenated alkanes) is 10. The first kappa shape index (κ1) is 33.6. The Hall–Kier alpha value is -2.60. The predicted octanol–water partition coefficient (Wildman–Crippen LogP) is 8.06. The van der Waals surface area contributed by atoms with Crippen LogP contribution in [0.25, 0.3) is 10.4 Å². The Morgan fingerprint density at radius 1 is 0.850 bits per heavy atom. The lowest BCUT2D eigenvalue weighted by molar-refractivity contribution is -0.122. The fourth-order valence-electron chi connectivity index (χ4n) is 5.51. The summed E-state index contributed by atoms with van der Waals surface area (Å²) in [5, 5.41) is 9.10. The zero-order valence-electron chi connectivity index (χ0n) is 25.4. The van der Waals surface area contributed by atoms with Crippen LogP contribution >= 0.6 is 0 Å². The van der Waals surface area contributed by atoms with E-state index in [1.807, 2.05) is 12.1 Å². The van der Waals surface area contributed by atoms with E-state index in [-0.39, 0.29) is 30.1 Å². The SMILES string of the molecule is CCCCCCCCCCCCCC(=O)NC(CN=[N+]=[N-])CO[Si](c1ccccc1)(c1ccccc1)C(C)(C)C. The standard InChI is InChI=1S/C33H52N4O2Si/c1-5-6-7-8-9-10-11-12-13-14-21-26-32(38)36-29(27-35-37-34)28-39-40(33(2,3)4,30-22-17-15-18-23-30)31-24-19-16-20-25-31/h15-20,22-25,29H,5-14,21,26-28H2,1-4H3,(H,36,38). The lowest BCUT2D eigenvalue weighted by atomic mass is 10.1. The van der Waals surface area contributed by atoms with E-state index in [0.717, 1.165) is 12.8 Å². The Morgan fingerprint density at radius 2 is 1.32 bits per heavy atom. The number of carbonyl (C=O) groups is 1. The van der Waals surface area contributed by atoms with Crippen molar-refractivity contribution in [1.82, 2.24) is 5.32 Å². The van der Waals surface area contributed by atoms with Gasteiger partial charge in [0.25, 0.3) is 8.32 Å². The minimum absolute atomic E-state index is 0.000103. The molecule has 0 saturated heterocycles. The Morgan fingerprint density at radius 3 is 1.77 bits per heavy atom. The van der Waals surface area contributed by atoms with Gasteiger partial charge in [0.1, 0.15) is 0 Å². The molecule has 0 bridgehead atoms. The van der Waals surface area contributed by atoms with E-state index in [9.17, 15) is 4.79 Å². The van der Waals surface area contributed by atoms with Crippen molar-refractivity contribution in [3.05, 3.63) is 71.1 Å². The summed E-state index contributed by atoms with van der Waals surface area (Å²) in [5.74, 6) is 0.000103. The summed E-state index contributed by atoms with van der Waals surface area (Å²) < 4.78 is 6.98. The van der Waals surface area contributed by atoms with Gasteiger partial charge in [-0.15, -0.1) is 0 Å². The van der Waals surface area contributed by atoms with E-state index in [1.165, 1.54) is 68.2 Å². The van der Waals surface area contributed by atoms with Crippen molar-refractivity contribution in [1.29, 1.82) is 0 Å². The largest absolute Gasteiger partial charge is 0.405 e. The lowest BCUT2D eigenvalue weighted by Gasteiger charge is -2.43. The molecule has 0 aromatic heterocycles. The number of nitrogens with one attached hydrogen (secondary N) is 1. The van der Waals surface area contributed by atoms with Crippen LogP contribution in [0.5, 0.6) is 0 Å². The molecule has 0 heterocycles. The topological polar surface area (TPSA) is 87.1 Å². The van der Waals surface area contributed by atoms with Gasteiger partial charge in [0.05, 0.1) is 12.6 Å². The molecule has 1 amide bonds. The summed E-state index contributed by atoms with van der Waals surface area (Å²) in [7, 11) is -2.75. The highest BCUT2D eigenvalue weighted by atomic mass is 28.4. The molecule has 0 radical (unpaired) electrons. The highest BCUT2D eigenvalue weighted by Gasteiger charge is 2.50. The summed E-state index contributed by atoms with van der Waals surface area (Å²) in [6, 6.07) is 20.5. The average molecular weight is 565 g/mol. The molecular weight excluding hydrogens is 512 g/mol. The zero-order chi connectivity index (χ0) is 29.1. The van der Waals surface area contributed by atoms with Crippen molar-refractivity contribution in [2.45, 2.75) is 116 Å². The van der Waals surface area contributed by atoms with Crippen LogP contribution in [0, 0.1) is 0 Å². The normalized spacial score (nSPS) is 12.5. The van der Waals surface area contributed by atoms with Gasteiger partial charge in [-0.05, 0) is 27.4 Å². The Balaban J connectivity index is 1.96. The third kappa shape index (κ3) is 11.1. The maximum atomic E-state index is 12.8. The van der Waals surface area contributed by atoms with Gasteiger partial charge in [-0.25, -0.2) is 0 Å². The van der Waals surface area contributed by atoms with Crippen molar-refractivity contribution >= 4 is 24.6 Å². The molecule has 0 saturated carbocycles. The van der Waals surface area contributed by atoms with Gasteiger partial charge in [-0.1, -0.05) is 158 Å². The molecule has 0 aliphatic rings. The zero-order valence-corrected chi connectivity index (χ0v) is 26.4. The molecule has 0 aliphatic heterocycles. The number of hydrogen-bond donors (Lipinski definition) is 1. The first-order valence-corrected chi connectivity index (χ1v) is 17.3. The molecule has 0 fully saturated rings. The van der Waals surface area contributed by atoms with E-state index in [1.54, 1.807) is 0 Å². The highest BCUT2D eigenvalue weighted by Crippen LogP contribution is 2.36. The molecule has 0 aliphatic carbocycles. The number of azide groups is 1. The summed E-state index contributed by atoms with van der Waals surface area (Å²) in [6.45, 7) is 9.40. The Kier molecular flexibility index (Phi) is 15.7. The highest BCUT2D eigenvalue weighted by molar-refractivity contribution is 6.99. The number of nitrogens with zero attached hydrogens (tertiary/aromatic N) is 3. The number of carbonyl (C=O) groups excluding carboxylic acids is 1. The van der Waals surface area contributed by atoms with Gasteiger partial charge in [-0.3, -0.25) is 4.79 Å². The molecule has 6 nitrogen and oxygen atoms in total. The lowest BCUT2D eigenvalue weighted by Crippen LogP contribution is -2.67. The second-order valence-electron chi connectivity index (χ2n) is 11.9. The second kappa shape index (κ2) is 18.7. The quantitative estimate of drug-likeness (QED) is 0.0579. The number of hydrogen-bond acceptors (Lipinski definition) is 3.